The van der Waals surface area contributed by atoms with E-state index in [4.69, 9.17) is 11.6 Å². The van der Waals surface area contributed by atoms with Gasteiger partial charge in [0.15, 0.2) is 0 Å². The lowest BCUT2D eigenvalue weighted by atomic mass is 10.1. The van der Waals surface area contributed by atoms with Crippen molar-refractivity contribution in [2.45, 2.75) is 26.8 Å². The Kier molecular flexibility index (Phi) is 6.56. The summed E-state index contributed by atoms with van der Waals surface area (Å²) in [5.41, 5.74) is 2.62. The van der Waals surface area contributed by atoms with Crippen molar-refractivity contribution in [1.82, 2.24) is 10.2 Å². The molecule has 0 spiro atoms. The fourth-order valence-electron chi connectivity index (χ4n) is 1.78. The fourth-order valence-corrected chi connectivity index (χ4v) is 2.00. The Morgan fingerprint density at radius 2 is 2.06 bits per heavy atom. The van der Waals surface area contributed by atoms with Gasteiger partial charge in [0.25, 0.3) is 0 Å². The van der Waals surface area contributed by atoms with Crippen LogP contribution in [-0.4, -0.2) is 31.6 Å². The molecule has 96 valence electrons. The summed E-state index contributed by atoms with van der Waals surface area (Å²) in [7, 11) is 2.15. The molecule has 2 nitrogen and oxygen atoms in total. The standard InChI is InChI=1S/C14H23ClN2/c1-4-7-16-8-9-17(3)11-13-5-6-14(15)10-12(13)2/h5-6,10,16H,4,7-9,11H2,1-3H3. The zero-order chi connectivity index (χ0) is 12.7. The summed E-state index contributed by atoms with van der Waals surface area (Å²) in [4.78, 5) is 2.33. The van der Waals surface area contributed by atoms with Gasteiger partial charge in [0.1, 0.15) is 0 Å². The van der Waals surface area contributed by atoms with Crippen LogP contribution in [0.5, 0.6) is 0 Å². The van der Waals surface area contributed by atoms with E-state index in [-0.39, 0.29) is 0 Å². The second kappa shape index (κ2) is 7.70. The lowest BCUT2D eigenvalue weighted by molar-refractivity contribution is 0.324. The molecular weight excluding hydrogens is 232 g/mol. The van der Waals surface area contributed by atoms with Gasteiger partial charge in [0.2, 0.25) is 0 Å². The van der Waals surface area contributed by atoms with Gasteiger partial charge in [-0.15, -0.1) is 0 Å². The summed E-state index contributed by atoms with van der Waals surface area (Å²) in [6.07, 6.45) is 1.19. The first kappa shape index (κ1) is 14.5. The van der Waals surface area contributed by atoms with E-state index in [0.717, 1.165) is 31.2 Å². The Labute approximate surface area is 110 Å². The Morgan fingerprint density at radius 1 is 1.29 bits per heavy atom. The molecule has 17 heavy (non-hydrogen) atoms. The number of hydrogen-bond acceptors (Lipinski definition) is 2. The van der Waals surface area contributed by atoms with Gasteiger partial charge in [-0.1, -0.05) is 24.6 Å². The molecule has 0 bridgehead atoms. The number of halogens is 1. The fraction of sp³-hybridized carbons (Fsp3) is 0.571. The molecule has 0 atom stereocenters. The highest BCUT2D eigenvalue weighted by molar-refractivity contribution is 6.30. The predicted octanol–water partition coefficient (Wildman–Crippen LogP) is 3.08. The summed E-state index contributed by atoms with van der Waals surface area (Å²) < 4.78 is 0. The summed E-state index contributed by atoms with van der Waals surface area (Å²) in [6.45, 7) is 8.52. The van der Waals surface area contributed by atoms with E-state index < -0.39 is 0 Å². The van der Waals surface area contributed by atoms with E-state index in [1.54, 1.807) is 0 Å². The van der Waals surface area contributed by atoms with Crippen LogP contribution >= 0.6 is 11.6 Å². The van der Waals surface area contributed by atoms with Gasteiger partial charge in [-0.25, -0.2) is 0 Å². The Morgan fingerprint density at radius 3 is 2.71 bits per heavy atom. The molecule has 3 heteroatoms. The lowest BCUT2D eigenvalue weighted by Crippen LogP contribution is -2.29. The van der Waals surface area contributed by atoms with Crippen LogP contribution in [-0.2, 0) is 6.54 Å². The van der Waals surface area contributed by atoms with Crippen LogP contribution in [0.1, 0.15) is 24.5 Å². The maximum absolute atomic E-state index is 5.95. The van der Waals surface area contributed by atoms with Gasteiger partial charge in [0, 0.05) is 24.7 Å². The molecule has 0 aliphatic carbocycles. The van der Waals surface area contributed by atoms with Crippen LogP contribution in [0.25, 0.3) is 0 Å². The van der Waals surface area contributed by atoms with E-state index in [0.29, 0.717) is 0 Å². The topological polar surface area (TPSA) is 15.3 Å². The van der Waals surface area contributed by atoms with Crippen LogP contribution in [0.15, 0.2) is 18.2 Å². The molecule has 0 unspecified atom stereocenters. The zero-order valence-electron chi connectivity index (χ0n) is 11.1. The average Bonchev–Trinajstić information content (AvgIpc) is 2.28. The molecule has 1 aromatic rings. The second-order valence-corrected chi connectivity index (χ2v) is 5.00. The number of aryl methyl sites for hydroxylation is 1. The monoisotopic (exact) mass is 254 g/mol. The van der Waals surface area contributed by atoms with Crippen molar-refractivity contribution in [3.8, 4) is 0 Å². The molecule has 0 aliphatic rings. The summed E-state index contributed by atoms with van der Waals surface area (Å²) in [5.74, 6) is 0. The van der Waals surface area contributed by atoms with Crippen molar-refractivity contribution in [2.75, 3.05) is 26.7 Å². The van der Waals surface area contributed by atoms with Crippen molar-refractivity contribution >= 4 is 11.6 Å². The Hall–Kier alpha value is -0.570. The van der Waals surface area contributed by atoms with E-state index in [9.17, 15) is 0 Å². The van der Waals surface area contributed by atoms with Crippen molar-refractivity contribution < 1.29 is 0 Å². The minimum Gasteiger partial charge on any atom is -0.315 e. The molecule has 0 heterocycles. The number of hydrogen-bond donors (Lipinski definition) is 1. The average molecular weight is 255 g/mol. The Bertz CT molecular complexity index is 339. The second-order valence-electron chi connectivity index (χ2n) is 4.56. The van der Waals surface area contributed by atoms with Crippen molar-refractivity contribution in [3.05, 3.63) is 34.3 Å². The normalized spacial score (nSPS) is 11.1. The number of rotatable bonds is 7. The maximum Gasteiger partial charge on any atom is 0.0408 e. The molecule has 0 radical (unpaired) electrons. The van der Waals surface area contributed by atoms with Gasteiger partial charge in [-0.05, 0) is 50.2 Å². The molecule has 1 aromatic carbocycles. The summed E-state index contributed by atoms with van der Waals surface area (Å²) in [5, 5.41) is 4.23. The molecule has 0 aliphatic heterocycles. The molecule has 1 rings (SSSR count). The van der Waals surface area contributed by atoms with Crippen molar-refractivity contribution in [1.29, 1.82) is 0 Å². The van der Waals surface area contributed by atoms with Crippen molar-refractivity contribution in [3.63, 3.8) is 0 Å². The van der Waals surface area contributed by atoms with E-state index in [1.165, 1.54) is 17.5 Å². The first-order valence-electron chi connectivity index (χ1n) is 6.27. The molecule has 0 fully saturated rings. The zero-order valence-corrected chi connectivity index (χ0v) is 11.8. The number of likely N-dealkylation sites (N-methyl/N-ethyl adjacent to an activating group) is 1. The highest BCUT2D eigenvalue weighted by atomic mass is 35.5. The largest absolute Gasteiger partial charge is 0.315 e. The molecular formula is C14H23ClN2. The van der Waals surface area contributed by atoms with Gasteiger partial charge < -0.3 is 10.2 Å². The van der Waals surface area contributed by atoms with Crippen LogP contribution in [0, 0.1) is 6.92 Å². The highest BCUT2D eigenvalue weighted by Crippen LogP contribution is 2.16. The van der Waals surface area contributed by atoms with Crippen LogP contribution < -0.4 is 5.32 Å². The number of nitrogens with zero attached hydrogens (tertiary/aromatic N) is 1. The van der Waals surface area contributed by atoms with E-state index in [2.05, 4.69) is 37.2 Å². The van der Waals surface area contributed by atoms with Gasteiger partial charge in [0.05, 0.1) is 0 Å². The predicted molar refractivity (Wildman–Crippen MR) is 75.7 cm³/mol. The minimum absolute atomic E-state index is 0.818. The van der Waals surface area contributed by atoms with Gasteiger partial charge in [-0.2, -0.15) is 0 Å². The first-order chi connectivity index (χ1) is 8.13. The Balaban J connectivity index is 2.37. The highest BCUT2D eigenvalue weighted by Gasteiger charge is 2.03. The minimum atomic E-state index is 0.818. The van der Waals surface area contributed by atoms with Gasteiger partial charge >= 0.3 is 0 Å². The third kappa shape index (κ3) is 5.53. The lowest BCUT2D eigenvalue weighted by Gasteiger charge is -2.18. The SMILES string of the molecule is CCCNCCN(C)Cc1ccc(Cl)cc1C. The quantitative estimate of drug-likeness (QED) is 0.753. The van der Waals surface area contributed by atoms with Crippen LogP contribution in [0.4, 0.5) is 0 Å². The molecule has 0 saturated carbocycles. The third-order valence-electron chi connectivity index (χ3n) is 2.84. The summed E-state index contributed by atoms with van der Waals surface area (Å²) >= 11 is 5.95. The van der Waals surface area contributed by atoms with E-state index >= 15 is 0 Å². The smallest absolute Gasteiger partial charge is 0.0408 e. The molecule has 0 aromatic heterocycles. The first-order valence-corrected chi connectivity index (χ1v) is 6.65. The number of benzene rings is 1. The molecule has 0 saturated heterocycles. The maximum atomic E-state index is 5.95. The molecule has 1 N–H and O–H groups in total. The van der Waals surface area contributed by atoms with E-state index in [1.807, 2.05) is 12.1 Å². The number of nitrogens with one attached hydrogen (secondary N) is 1. The third-order valence-corrected chi connectivity index (χ3v) is 3.08. The van der Waals surface area contributed by atoms with Gasteiger partial charge in [-0.3, -0.25) is 0 Å². The van der Waals surface area contributed by atoms with Crippen molar-refractivity contribution in [2.24, 2.45) is 0 Å². The van der Waals surface area contributed by atoms with Crippen LogP contribution in [0.3, 0.4) is 0 Å². The summed E-state index contributed by atoms with van der Waals surface area (Å²) in [6, 6.07) is 6.11. The van der Waals surface area contributed by atoms with Crippen LogP contribution in [0.2, 0.25) is 5.02 Å². The molecule has 0 amide bonds.